The van der Waals surface area contributed by atoms with Crippen molar-refractivity contribution in [1.82, 2.24) is 9.44 Å². The number of allylic oxidation sites excluding steroid dienone is 2. The Labute approximate surface area is 172 Å². The molecule has 0 aliphatic heterocycles. The minimum absolute atomic E-state index is 0.451. The lowest BCUT2D eigenvalue weighted by molar-refractivity contribution is 0.524. The molecular formula is C20H38N2O4S2. The van der Waals surface area contributed by atoms with Crippen molar-refractivity contribution in [2.45, 2.75) is 88.8 Å². The second-order valence-electron chi connectivity index (χ2n) is 8.80. The van der Waals surface area contributed by atoms with Gasteiger partial charge in [-0.2, -0.15) is 0 Å². The number of nitrogens with one attached hydrogen (secondary N) is 2. The fourth-order valence-electron chi connectivity index (χ4n) is 2.00. The number of sulfonamides is 2. The lowest BCUT2D eigenvalue weighted by Crippen LogP contribution is -2.45. The van der Waals surface area contributed by atoms with E-state index in [1.54, 1.807) is 65.8 Å². The van der Waals surface area contributed by atoms with Gasteiger partial charge in [-0.25, -0.2) is 26.3 Å². The Morgan fingerprint density at radius 1 is 0.714 bits per heavy atom. The Morgan fingerprint density at radius 3 is 1.21 bits per heavy atom. The van der Waals surface area contributed by atoms with Gasteiger partial charge in [-0.1, -0.05) is 24.3 Å². The molecule has 0 aromatic heterocycles. The van der Waals surface area contributed by atoms with Crippen LogP contribution in [0.5, 0.6) is 0 Å². The van der Waals surface area contributed by atoms with Crippen LogP contribution in [0.15, 0.2) is 37.5 Å². The van der Waals surface area contributed by atoms with Gasteiger partial charge in [0.2, 0.25) is 20.0 Å². The minimum atomic E-state index is -3.54. The Bertz CT molecular complexity index is 676. The number of rotatable bonds is 12. The molecular weight excluding hydrogens is 396 g/mol. The minimum Gasteiger partial charge on any atom is -0.212 e. The van der Waals surface area contributed by atoms with E-state index in [9.17, 15) is 16.8 Å². The lowest BCUT2D eigenvalue weighted by Gasteiger charge is -2.25. The van der Waals surface area contributed by atoms with Crippen LogP contribution in [0.1, 0.15) is 67.2 Å². The molecule has 0 rings (SSSR count). The molecule has 6 nitrogen and oxygen atoms in total. The van der Waals surface area contributed by atoms with Crippen molar-refractivity contribution in [2.75, 3.05) is 0 Å². The molecule has 0 aliphatic rings. The summed E-state index contributed by atoms with van der Waals surface area (Å²) in [6.07, 6.45) is 9.25. The van der Waals surface area contributed by atoms with E-state index < -0.39 is 41.6 Å². The lowest BCUT2D eigenvalue weighted by atomic mass is 10.1. The average molecular weight is 435 g/mol. The van der Waals surface area contributed by atoms with Gasteiger partial charge in [0, 0.05) is 12.1 Å². The van der Waals surface area contributed by atoms with Crippen LogP contribution in [0.4, 0.5) is 0 Å². The van der Waals surface area contributed by atoms with E-state index in [0.717, 1.165) is 0 Å². The van der Waals surface area contributed by atoms with Gasteiger partial charge < -0.3 is 0 Å². The smallest absolute Gasteiger partial charge is 0.212 e. The van der Waals surface area contributed by atoms with Crippen molar-refractivity contribution >= 4 is 20.0 Å². The molecule has 0 saturated carbocycles. The Hall–Kier alpha value is -0.960. The molecule has 0 heterocycles. The zero-order chi connectivity index (χ0) is 22.2. The summed E-state index contributed by atoms with van der Waals surface area (Å²) in [6, 6.07) is -0.903. The molecule has 0 spiro atoms. The normalized spacial score (nSPS) is 16.1. The second-order valence-corrected chi connectivity index (χ2v) is 13.7. The van der Waals surface area contributed by atoms with Crippen LogP contribution in [0.25, 0.3) is 0 Å². The summed E-state index contributed by atoms with van der Waals surface area (Å²) in [5.41, 5.74) is 0. The van der Waals surface area contributed by atoms with Gasteiger partial charge in [0.25, 0.3) is 0 Å². The summed E-state index contributed by atoms with van der Waals surface area (Å²) < 4.78 is 53.6. The summed E-state index contributed by atoms with van der Waals surface area (Å²) in [5, 5.41) is 0. The average Bonchev–Trinajstić information content (AvgIpc) is 2.52. The molecule has 0 radical (unpaired) electrons. The highest BCUT2D eigenvalue weighted by Crippen LogP contribution is 2.17. The first-order valence-corrected chi connectivity index (χ1v) is 12.5. The number of hydrogen-bond acceptors (Lipinski definition) is 4. The summed E-state index contributed by atoms with van der Waals surface area (Å²) >= 11 is 0. The Kier molecular flexibility index (Phi) is 10.3. The first-order chi connectivity index (χ1) is 12.6. The maximum atomic E-state index is 12.5. The van der Waals surface area contributed by atoms with E-state index in [1.165, 1.54) is 0 Å². The maximum Gasteiger partial charge on any atom is 0.217 e. The van der Waals surface area contributed by atoms with E-state index >= 15 is 0 Å². The van der Waals surface area contributed by atoms with Gasteiger partial charge in [0.05, 0.1) is 9.49 Å². The molecule has 0 bridgehead atoms. The summed E-state index contributed by atoms with van der Waals surface area (Å²) in [6.45, 7) is 17.2. The van der Waals surface area contributed by atoms with Gasteiger partial charge in [-0.3, -0.25) is 0 Å². The molecule has 2 N–H and O–H groups in total. The predicted molar refractivity (Wildman–Crippen MR) is 119 cm³/mol. The van der Waals surface area contributed by atoms with Crippen LogP contribution in [-0.4, -0.2) is 38.4 Å². The Morgan fingerprint density at radius 2 is 1.00 bits per heavy atom. The summed E-state index contributed by atoms with van der Waals surface area (Å²) in [7, 11) is -7.08. The van der Waals surface area contributed by atoms with Crippen LogP contribution in [0.3, 0.4) is 0 Å². The standard InChI is InChI=1S/C20H38N2O4S2/c1-9-11-13-17(21-27(23,24)19(3,4)5)15-16-18(14-12-10-2)22-28(25,26)20(6,7)8/h9-10,15-18,21-22H,1-2,11-14H2,3-8H3/b16-15+/t17-,18-/m0/s1. The Balaban J connectivity index is 5.59. The van der Waals surface area contributed by atoms with E-state index in [1.807, 2.05) is 0 Å². The molecule has 0 aliphatic carbocycles. The van der Waals surface area contributed by atoms with Crippen LogP contribution < -0.4 is 9.44 Å². The van der Waals surface area contributed by atoms with Gasteiger partial charge in [-0.05, 0) is 67.2 Å². The SMILES string of the molecule is C=CCC[C@@H](/C=C/[C@H](CCC=C)NS(=O)(=O)C(C)(C)C)NS(=O)(=O)C(C)(C)C. The van der Waals surface area contributed by atoms with E-state index in [4.69, 9.17) is 0 Å². The maximum absolute atomic E-state index is 12.5. The van der Waals surface area contributed by atoms with Gasteiger partial charge >= 0.3 is 0 Å². The molecule has 0 fully saturated rings. The predicted octanol–water partition coefficient (Wildman–Crippen LogP) is 3.65. The van der Waals surface area contributed by atoms with Gasteiger partial charge in [0.1, 0.15) is 0 Å². The first kappa shape index (κ1) is 27.0. The molecule has 0 aromatic carbocycles. The molecule has 0 amide bonds. The topological polar surface area (TPSA) is 92.3 Å². The molecule has 28 heavy (non-hydrogen) atoms. The highest BCUT2D eigenvalue weighted by atomic mass is 32.2. The molecule has 8 heteroatoms. The van der Waals surface area contributed by atoms with Crippen LogP contribution in [-0.2, 0) is 20.0 Å². The molecule has 2 atom stereocenters. The fraction of sp³-hybridized carbons (Fsp3) is 0.700. The van der Waals surface area contributed by atoms with Crippen molar-refractivity contribution in [3.8, 4) is 0 Å². The highest BCUT2D eigenvalue weighted by molar-refractivity contribution is 7.91. The zero-order valence-corrected chi connectivity index (χ0v) is 19.8. The first-order valence-electron chi connectivity index (χ1n) is 9.51. The highest BCUT2D eigenvalue weighted by Gasteiger charge is 2.32. The largest absolute Gasteiger partial charge is 0.217 e. The number of hydrogen-bond donors (Lipinski definition) is 2. The third-order valence-electron chi connectivity index (χ3n) is 4.16. The third-order valence-corrected chi connectivity index (χ3v) is 8.62. The van der Waals surface area contributed by atoms with Crippen LogP contribution >= 0.6 is 0 Å². The second kappa shape index (κ2) is 10.7. The van der Waals surface area contributed by atoms with Gasteiger partial charge in [0.15, 0.2) is 0 Å². The summed E-state index contributed by atoms with van der Waals surface area (Å²) in [5.74, 6) is 0. The van der Waals surface area contributed by atoms with Crippen molar-refractivity contribution < 1.29 is 16.8 Å². The quantitative estimate of drug-likeness (QED) is 0.459. The van der Waals surface area contributed by atoms with E-state index in [0.29, 0.717) is 25.7 Å². The van der Waals surface area contributed by atoms with Crippen molar-refractivity contribution in [3.05, 3.63) is 37.5 Å². The fourth-order valence-corrected chi connectivity index (χ4v) is 3.90. The van der Waals surface area contributed by atoms with E-state index in [2.05, 4.69) is 22.6 Å². The van der Waals surface area contributed by atoms with Crippen LogP contribution in [0, 0.1) is 0 Å². The molecule has 0 unspecified atom stereocenters. The molecule has 0 aromatic rings. The summed E-state index contributed by atoms with van der Waals surface area (Å²) in [4.78, 5) is 0. The van der Waals surface area contributed by atoms with Gasteiger partial charge in [-0.15, -0.1) is 13.2 Å². The van der Waals surface area contributed by atoms with Crippen molar-refractivity contribution in [1.29, 1.82) is 0 Å². The molecule has 164 valence electrons. The van der Waals surface area contributed by atoms with Crippen molar-refractivity contribution in [2.24, 2.45) is 0 Å². The van der Waals surface area contributed by atoms with E-state index in [-0.39, 0.29) is 0 Å². The molecule has 0 saturated heterocycles. The third kappa shape index (κ3) is 9.03. The van der Waals surface area contributed by atoms with Crippen molar-refractivity contribution in [3.63, 3.8) is 0 Å². The zero-order valence-electron chi connectivity index (χ0n) is 18.2. The monoisotopic (exact) mass is 434 g/mol. The van der Waals surface area contributed by atoms with Crippen LogP contribution in [0.2, 0.25) is 0 Å².